The Morgan fingerprint density at radius 3 is 2.16 bits per heavy atom. The first-order valence-electron chi connectivity index (χ1n) is 7.98. The summed E-state index contributed by atoms with van der Waals surface area (Å²) in [6.45, 7) is 4.34. The third-order valence-corrected chi connectivity index (χ3v) is 4.20. The molecular weight excluding hydrogens is 238 g/mol. The highest BCUT2D eigenvalue weighted by molar-refractivity contribution is 6.03. The minimum atomic E-state index is -0.0993. The first-order valence-corrected chi connectivity index (χ1v) is 7.98. The van der Waals surface area contributed by atoms with E-state index in [1.54, 1.807) is 0 Å². The predicted molar refractivity (Wildman–Crippen MR) is 77.6 cm³/mol. The van der Waals surface area contributed by atoms with Crippen molar-refractivity contribution in [1.29, 1.82) is 0 Å². The van der Waals surface area contributed by atoms with Crippen molar-refractivity contribution in [2.75, 3.05) is 0 Å². The van der Waals surface area contributed by atoms with Crippen LogP contribution in [0.2, 0.25) is 0 Å². The van der Waals surface area contributed by atoms with Crippen molar-refractivity contribution >= 4 is 11.8 Å². The maximum Gasteiger partial charge on any atom is 0.230 e. The van der Waals surface area contributed by atoms with Crippen LogP contribution in [-0.2, 0) is 9.59 Å². The molecule has 0 aliphatic carbocycles. The highest BCUT2D eigenvalue weighted by Crippen LogP contribution is 2.25. The number of unbranched alkanes of at least 4 members (excludes halogenated alkanes) is 7. The standard InChI is InChI=1S/C16H29NO2/c1-3-4-5-6-7-8-9-10-11-13(2)14-12-15(18)17-16(14)19/h13-14H,3-12H2,1-2H3,(H,17,18,19). The van der Waals surface area contributed by atoms with Crippen LogP contribution in [0.4, 0.5) is 0 Å². The van der Waals surface area contributed by atoms with Gasteiger partial charge in [0.15, 0.2) is 0 Å². The summed E-state index contributed by atoms with van der Waals surface area (Å²) in [5.74, 6) is 0.110. The molecule has 2 amide bonds. The molecule has 1 rings (SSSR count). The molecule has 1 aliphatic rings. The molecule has 19 heavy (non-hydrogen) atoms. The Bertz CT molecular complexity index is 288. The monoisotopic (exact) mass is 267 g/mol. The van der Waals surface area contributed by atoms with E-state index in [0.717, 1.165) is 6.42 Å². The van der Waals surface area contributed by atoms with Gasteiger partial charge in [0.25, 0.3) is 0 Å². The average molecular weight is 267 g/mol. The largest absolute Gasteiger partial charge is 0.296 e. The lowest BCUT2D eigenvalue weighted by Crippen LogP contribution is -2.25. The lowest BCUT2D eigenvalue weighted by atomic mass is 9.88. The second-order valence-electron chi connectivity index (χ2n) is 5.96. The van der Waals surface area contributed by atoms with E-state index in [1.165, 1.54) is 51.4 Å². The predicted octanol–water partition coefficient (Wildman–Crippen LogP) is 3.82. The van der Waals surface area contributed by atoms with Crippen LogP contribution in [-0.4, -0.2) is 11.8 Å². The van der Waals surface area contributed by atoms with E-state index in [0.29, 0.717) is 12.3 Å². The highest BCUT2D eigenvalue weighted by Gasteiger charge is 2.34. The zero-order chi connectivity index (χ0) is 14.1. The molecule has 0 radical (unpaired) electrons. The van der Waals surface area contributed by atoms with Crippen LogP contribution >= 0.6 is 0 Å². The molecule has 3 heteroatoms. The number of hydrogen-bond acceptors (Lipinski definition) is 2. The van der Waals surface area contributed by atoms with Gasteiger partial charge in [-0.25, -0.2) is 0 Å². The highest BCUT2D eigenvalue weighted by atomic mass is 16.2. The maximum absolute atomic E-state index is 11.5. The van der Waals surface area contributed by atoms with Gasteiger partial charge in [-0.1, -0.05) is 65.2 Å². The molecule has 0 spiro atoms. The van der Waals surface area contributed by atoms with Crippen LogP contribution in [0.25, 0.3) is 0 Å². The van der Waals surface area contributed by atoms with E-state index in [-0.39, 0.29) is 17.7 Å². The van der Waals surface area contributed by atoms with Gasteiger partial charge in [0.1, 0.15) is 0 Å². The Kier molecular flexibility index (Phi) is 7.76. The Labute approximate surface area is 117 Å². The number of imide groups is 1. The van der Waals surface area contributed by atoms with Crippen molar-refractivity contribution in [3.05, 3.63) is 0 Å². The average Bonchev–Trinajstić information content (AvgIpc) is 2.71. The molecule has 110 valence electrons. The molecule has 1 N–H and O–H groups in total. The number of rotatable bonds is 10. The molecule has 2 unspecified atom stereocenters. The van der Waals surface area contributed by atoms with Crippen molar-refractivity contribution in [2.45, 2.75) is 78.1 Å². The van der Waals surface area contributed by atoms with Gasteiger partial charge in [0.05, 0.1) is 0 Å². The fraction of sp³-hybridized carbons (Fsp3) is 0.875. The topological polar surface area (TPSA) is 46.2 Å². The van der Waals surface area contributed by atoms with Gasteiger partial charge in [-0.2, -0.15) is 0 Å². The smallest absolute Gasteiger partial charge is 0.230 e. The molecule has 1 aliphatic heterocycles. The lowest BCUT2D eigenvalue weighted by molar-refractivity contribution is -0.126. The van der Waals surface area contributed by atoms with Crippen molar-refractivity contribution in [1.82, 2.24) is 5.32 Å². The molecule has 1 heterocycles. The zero-order valence-corrected chi connectivity index (χ0v) is 12.5. The van der Waals surface area contributed by atoms with E-state index in [4.69, 9.17) is 0 Å². The van der Waals surface area contributed by atoms with Crippen LogP contribution in [0, 0.1) is 11.8 Å². The first-order chi connectivity index (χ1) is 9.15. The summed E-state index contributed by atoms with van der Waals surface area (Å²) >= 11 is 0. The van der Waals surface area contributed by atoms with Crippen LogP contribution in [0.3, 0.4) is 0 Å². The number of carbonyl (C=O) groups is 2. The summed E-state index contributed by atoms with van der Waals surface area (Å²) < 4.78 is 0. The zero-order valence-electron chi connectivity index (χ0n) is 12.5. The van der Waals surface area contributed by atoms with E-state index in [2.05, 4.69) is 19.2 Å². The molecule has 0 bridgehead atoms. The normalized spacial score (nSPS) is 20.6. The second kappa shape index (κ2) is 9.11. The Balaban J connectivity index is 2.00. The van der Waals surface area contributed by atoms with Crippen molar-refractivity contribution in [3.8, 4) is 0 Å². The van der Waals surface area contributed by atoms with E-state index >= 15 is 0 Å². The van der Waals surface area contributed by atoms with Gasteiger partial charge in [0, 0.05) is 12.3 Å². The van der Waals surface area contributed by atoms with Gasteiger partial charge in [-0.05, 0) is 12.3 Å². The minimum absolute atomic E-state index is 0.0583. The summed E-state index contributed by atoms with van der Waals surface area (Å²) in [5.41, 5.74) is 0. The Hall–Kier alpha value is -0.860. The Morgan fingerprint density at radius 2 is 1.63 bits per heavy atom. The van der Waals surface area contributed by atoms with Gasteiger partial charge in [-0.15, -0.1) is 0 Å². The number of amides is 2. The fourth-order valence-electron chi connectivity index (χ4n) is 2.83. The third-order valence-electron chi connectivity index (χ3n) is 4.20. The molecule has 0 saturated carbocycles. The number of hydrogen-bond donors (Lipinski definition) is 1. The van der Waals surface area contributed by atoms with Crippen LogP contribution in [0.1, 0.15) is 78.1 Å². The quantitative estimate of drug-likeness (QED) is 0.483. The van der Waals surface area contributed by atoms with Crippen LogP contribution in [0.5, 0.6) is 0 Å². The van der Waals surface area contributed by atoms with Crippen molar-refractivity contribution in [2.24, 2.45) is 11.8 Å². The first kappa shape index (κ1) is 16.2. The number of nitrogens with one attached hydrogen (secondary N) is 1. The summed E-state index contributed by atoms with van der Waals surface area (Å²) in [6.07, 6.45) is 12.0. The van der Waals surface area contributed by atoms with E-state index in [9.17, 15) is 9.59 Å². The molecule has 1 fully saturated rings. The van der Waals surface area contributed by atoms with E-state index in [1.807, 2.05) is 0 Å². The SMILES string of the molecule is CCCCCCCCCCC(C)C1CC(=O)NC1=O. The van der Waals surface area contributed by atoms with Gasteiger partial charge < -0.3 is 0 Å². The summed E-state index contributed by atoms with van der Waals surface area (Å²) in [7, 11) is 0. The Morgan fingerprint density at radius 1 is 1.05 bits per heavy atom. The summed E-state index contributed by atoms with van der Waals surface area (Å²) in [5, 5.41) is 2.40. The lowest BCUT2D eigenvalue weighted by Gasteiger charge is -2.15. The van der Waals surface area contributed by atoms with Crippen LogP contribution < -0.4 is 5.32 Å². The third kappa shape index (κ3) is 6.22. The van der Waals surface area contributed by atoms with Crippen molar-refractivity contribution < 1.29 is 9.59 Å². The maximum atomic E-state index is 11.5. The van der Waals surface area contributed by atoms with Crippen molar-refractivity contribution in [3.63, 3.8) is 0 Å². The molecule has 0 aromatic rings. The van der Waals surface area contributed by atoms with Gasteiger partial charge in [-0.3, -0.25) is 14.9 Å². The molecule has 3 nitrogen and oxygen atoms in total. The molecular formula is C16H29NO2. The van der Waals surface area contributed by atoms with Gasteiger partial charge in [0.2, 0.25) is 11.8 Å². The summed E-state index contributed by atoms with van der Waals surface area (Å²) in [6, 6.07) is 0. The fourth-order valence-corrected chi connectivity index (χ4v) is 2.83. The van der Waals surface area contributed by atoms with Gasteiger partial charge >= 0.3 is 0 Å². The number of carbonyl (C=O) groups excluding carboxylic acids is 2. The minimum Gasteiger partial charge on any atom is -0.296 e. The summed E-state index contributed by atoms with van der Waals surface area (Å²) in [4.78, 5) is 22.7. The van der Waals surface area contributed by atoms with Crippen LogP contribution in [0.15, 0.2) is 0 Å². The molecule has 1 saturated heterocycles. The molecule has 0 aromatic carbocycles. The van der Waals surface area contributed by atoms with E-state index < -0.39 is 0 Å². The molecule has 0 aromatic heterocycles. The molecule has 2 atom stereocenters. The second-order valence-corrected chi connectivity index (χ2v) is 5.96.